The van der Waals surface area contributed by atoms with Gasteiger partial charge < -0.3 is 0 Å². The molecule has 2 amide bonds. The van der Waals surface area contributed by atoms with Gasteiger partial charge in [0.15, 0.2) is 0 Å². The van der Waals surface area contributed by atoms with Gasteiger partial charge in [-0.3, -0.25) is 14.5 Å². The molecule has 1 aliphatic heterocycles. The molecule has 0 N–H and O–H groups in total. The Balaban J connectivity index is 2.63. The number of likely N-dealkylation sites (N-methyl/N-ethyl adjacent to an activating group) is 1. The van der Waals surface area contributed by atoms with Crippen LogP contribution in [-0.4, -0.2) is 29.4 Å². The van der Waals surface area contributed by atoms with Gasteiger partial charge in [-0.05, 0) is 25.5 Å². The van der Waals surface area contributed by atoms with Crippen molar-refractivity contribution < 1.29 is 22.8 Å². The van der Waals surface area contributed by atoms with E-state index in [1.807, 2.05) is 0 Å². The average molecular weight is 285 g/mol. The number of hydrogen-bond acceptors (Lipinski definition) is 2. The van der Waals surface area contributed by atoms with Gasteiger partial charge in [-0.1, -0.05) is 18.2 Å². The lowest BCUT2D eigenvalue weighted by Gasteiger charge is -2.39. The highest BCUT2D eigenvalue weighted by Gasteiger charge is 2.52. The Morgan fingerprint density at radius 2 is 1.80 bits per heavy atom. The standard InChI is InChI=1S/C14H14F3NO2/c1-3-18-11(19)9-6-4-5-7-10(9)13(2,12(18)20)8-14(15,16)17/h4-7H,3,8H2,1-2H3. The number of benzene rings is 1. The first-order valence-corrected chi connectivity index (χ1v) is 6.23. The number of halogens is 3. The van der Waals surface area contributed by atoms with Crippen LogP contribution in [0.4, 0.5) is 13.2 Å². The molecular formula is C14H14F3NO2. The van der Waals surface area contributed by atoms with E-state index >= 15 is 0 Å². The summed E-state index contributed by atoms with van der Waals surface area (Å²) in [5, 5.41) is 0. The molecule has 0 spiro atoms. The summed E-state index contributed by atoms with van der Waals surface area (Å²) in [4.78, 5) is 25.4. The van der Waals surface area contributed by atoms with E-state index in [1.54, 1.807) is 13.0 Å². The largest absolute Gasteiger partial charge is 0.390 e. The highest BCUT2D eigenvalue weighted by molar-refractivity contribution is 6.13. The maximum absolute atomic E-state index is 12.8. The molecule has 0 fully saturated rings. The molecule has 0 aliphatic carbocycles. The Labute approximate surface area is 114 Å². The molecule has 0 aromatic heterocycles. The van der Waals surface area contributed by atoms with Crippen LogP contribution in [0.5, 0.6) is 0 Å². The molecule has 0 saturated carbocycles. The average Bonchev–Trinajstić information content (AvgIpc) is 2.36. The number of hydrogen-bond donors (Lipinski definition) is 0. The minimum Gasteiger partial charge on any atom is -0.278 e. The van der Waals surface area contributed by atoms with Crippen molar-refractivity contribution in [1.82, 2.24) is 4.90 Å². The van der Waals surface area contributed by atoms with Crippen LogP contribution in [0.2, 0.25) is 0 Å². The summed E-state index contributed by atoms with van der Waals surface area (Å²) in [7, 11) is 0. The molecule has 0 radical (unpaired) electrons. The zero-order chi connectivity index (χ0) is 15.1. The predicted molar refractivity (Wildman–Crippen MR) is 66.2 cm³/mol. The fourth-order valence-electron chi connectivity index (χ4n) is 2.66. The first-order valence-electron chi connectivity index (χ1n) is 6.23. The van der Waals surface area contributed by atoms with Crippen molar-refractivity contribution in [1.29, 1.82) is 0 Å². The third-order valence-corrected chi connectivity index (χ3v) is 3.58. The van der Waals surface area contributed by atoms with E-state index in [1.165, 1.54) is 25.1 Å². The van der Waals surface area contributed by atoms with E-state index in [0.717, 1.165) is 4.90 Å². The second kappa shape index (κ2) is 4.61. The molecule has 1 atom stereocenters. The van der Waals surface area contributed by atoms with Crippen LogP contribution >= 0.6 is 0 Å². The van der Waals surface area contributed by atoms with Gasteiger partial charge in [0.1, 0.15) is 0 Å². The monoisotopic (exact) mass is 285 g/mol. The molecule has 0 saturated heterocycles. The van der Waals surface area contributed by atoms with Crippen LogP contribution in [0.1, 0.15) is 36.2 Å². The minimum atomic E-state index is -4.49. The van der Waals surface area contributed by atoms with Crippen LogP contribution in [-0.2, 0) is 10.2 Å². The zero-order valence-corrected chi connectivity index (χ0v) is 11.1. The first-order chi connectivity index (χ1) is 9.20. The smallest absolute Gasteiger partial charge is 0.278 e. The van der Waals surface area contributed by atoms with Crippen LogP contribution in [0.3, 0.4) is 0 Å². The summed E-state index contributed by atoms with van der Waals surface area (Å²) in [6, 6.07) is 6.00. The normalized spacial score (nSPS) is 22.9. The van der Waals surface area contributed by atoms with Crippen LogP contribution in [0, 0.1) is 0 Å². The number of fused-ring (bicyclic) bond motifs is 1. The quantitative estimate of drug-likeness (QED) is 0.783. The van der Waals surface area contributed by atoms with Crippen molar-refractivity contribution in [3.05, 3.63) is 35.4 Å². The number of rotatable bonds is 2. The molecule has 20 heavy (non-hydrogen) atoms. The second-order valence-electron chi connectivity index (χ2n) is 5.02. The van der Waals surface area contributed by atoms with Gasteiger partial charge in [0.2, 0.25) is 5.91 Å². The minimum absolute atomic E-state index is 0.0550. The van der Waals surface area contributed by atoms with Gasteiger partial charge in [-0.25, -0.2) is 0 Å². The zero-order valence-electron chi connectivity index (χ0n) is 11.1. The fourth-order valence-corrected chi connectivity index (χ4v) is 2.66. The second-order valence-corrected chi connectivity index (χ2v) is 5.02. The van der Waals surface area contributed by atoms with E-state index in [4.69, 9.17) is 0 Å². The van der Waals surface area contributed by atoms with Gasteiger partial charge in [0, 0.05) is 12.1 Å². The molecule has 1 aromatic carbocycles. The lowest BCUT2D eigenvalue weighted by atomic mass is 9.73. The Morgan fingerprint density at radius 3 is 2.35 bits per heavy atom. The molecule has 2 rings (SSSR count). The van der Waals surface area contributed by atoms with Crippen molar-refractivity contribution in [2.75, 3.05) is 6.54 Å². The molecular weight excluding hydrogens is 271 g/mol. The van der Waals surface area contributed by atoms with Gasteiger partial charge in [0.05, 0.1) is 11.8 Å². The fraction of sp³-hybridized carbons (Fsp3) is 0.429. The lowest BCUT2D eigenvalue weighted by molar-refractivity contribution is -0.162. The van der Waals surface area contributed by atoms with Gasteiger partial charge >= 0.3 is 6.18 Å². The highest BCUT2D eigenvalue weighted by Crippen LogP contribution is 2.42. The third-order valence-electron chi connectivity index (χ3n) is 3.58. The SMILES string of the molecule is CCN1C(=O)c2ccccc2C(C)(CC(F)(F)F)C1=O. The summed E-state index contributed by atoms with van der Waals surface area (Å²) in [5.74, 6) is -1.33. The van der Waals surface area contributed by atoms with Crippen LogP contribution in [0.25, 0.3) is 0 Å². The van der Waals surface area contributed by atoms with Gasteiger partial charge in [-0.15, -0.1) is 0 Å². The van der Waals surface area contributed by atoms with Crippen LogP contribution in [0.15, 0.2) is 24.3 Å². The van der Waals surface area contributed by atoms with Crippen molar-refractivity contribution in [2.24, 2.45) is 0 Å². The van der Waals surface area contributed by atoms with Crippen molar-refractivity contribution in [2.45, 2.75) is 31.9 Å². The molecule has 1 unspecified atom stereocenters. The van der Waals surface area contributed by atoms with E-state index in [9.17, 15) is 22.8 Å². The molecule has 3 nitrogen and oxygen atoms in total. The summed E-state index contributed by atoms with van der Waals surface area (Å²) < 4.78 is 38.5. The number of imide groups is 1. The Hall–Kier alpha value is -1.85. The van der Waals surface area contributed by atoms with Gasteiger partial charge in [-0.2, -0.15) is 13.2 Å². The molecule has 6 heteroatoms. The van der Waals surface area contributed by atoms with E-state index in [2.05, 4.69) is 0 Å². The lowest BCUT2D eigenvalue weighted by Crippen LogP contribution is -2.54. The number of alkyl halides is 3. The van der Waals surface area contributed by atoms with E-state index in [-0.39, 0.29) is 17.7 Å². The summed E-state index contributed by atoms with van der Waals surface area (Å²) in [5.41, 5.74) is -1.43. The third kappa shape index (κ3) is 2.19. The summed E-state index contributed by atoms with van der Waals surface area (Å²) in [6.45, 7) is 2.87. The molecule has 1 aromatic rings. The summed E-state index contributed by atoms with van der Waals surface area (Å²) >= 11 is 0. The topological polar surface area (TPSA) is 37.4 Å². The number of carbonyl (C=O) groups excluding carboxylic acids is 2. The highest BCUT2D eigenvalue weighted by atomic mass is 19.4. The predicted octanol–water partition coefficient (Wildman–Crippen LogP) is 2.90. The Kier molecular flexibility index (Phi) is 3.36. The van der Waals surface area contributed by atoms with E-state index < -0.39 is 29.8 Å². The van der Waals surface area contributed by atoms with E-state index in [0.29, 0.717) is 0 Å². The first kappa shape index (κ1) is 14.6. The number of carbonyl (C=O) groups is 2. The van der Waals surface area contributed by atoms with Crippen LogP contribution < -0.4 is 0 Å². The van der Waals surface area contributed by atoms with Crippen molar-refractivity contribution in [3.63, 3.8) is 0 Å². The molecule has 1 heterocycles. The maximum Gasteiger partial charge on any atom is 0.390 e. The van der Waals surface area contributed by atoms with Crippen molar-refractivity contribution >= 4 is 11.8 Å². The number of nitrogens with zero attached hydrogens (tertiary/aromatic N) is 1. The maximum atomic E-state index is 12.8. The number of amides is 2. The summed E-state index contributed by atoms with van der Waals surface area (Å²) in [6.07, 6.45) is -5.77. The molecule has 1 aliphatic rings. The molecule has 0 bridgehead atoms. The van der Waals surface area contributed by atoms with Crippen molar-refractivity contribution in [3.8, 4) is 0 Å². The molecule has 108 valence electrons. The Morgan fingerprint density at radius 1 is 1.20 bits per heavy atom. The Bertz CT molecular complexity index is 568. The van der Waals surface area contributed by atoms with Gasteiger partial charge in [0.25, 0.3) is 5.91 Å².